The Morgan fingerprint density at radius 1 is 1.12 bits per heavy atom. The second kappa shape index (κ2) is 4.69. The first-order valence-electron chi connectivity index (χ1n) is 5.26. The summed E-state index contributed by atoms with van der Waals surface area (Å²) in [5.41, 5.74) is 10.1. The van der Waals surface area contributed by atoms with Crippen molar-refractivity contribution in [1.82, 2.24) is 0 Å². The molecule has 0 aliphatic rings. The molecular formula is C14H14ClN. The van der Waals surface area contributed by atoms with Gasteiger partial charge in [-0.15, -0.1) is 0 Å². The normalized spacial score (nSPS) is 10.4. The molecule has 1 nitrogen and oxygen atoms in total. The van der Waals surface area contributed by atoms with Gasteiger partial charge in [-0.3, -0.25) is 0 Å². The lowest BCUT2D eigenvalue weighted by atomic mass is 10.0. The van der Waals surface area contributed by atoms with Crippen LogP contribution in [0.25, 0.3) is 11.1 Å². The number of halogens is 1. The summed E-state index contributed by atoms with van der Waals surface area (Å²) >= 11 is 6.20. The van der Waals surface area contributed by atoms with E-state index in [1.807, 2.05) is 18.2 Å². The first-order valence-corrected chi connectivity index (χ1v) is 5.64. The molecule has 0 saturated heterocycles. The summed E-state index contributed by atoms with van der Waals surface area (Å²) in [4.78, 5) is 0. The molecule has 0 radical (unpaired) electrons. The van der Waals surface area contributed by atoms with Crippen molar-refractivity contribution in [3.05, 3.63) is 58.6 Å². The van der Waals surface area contributed by atoms with Crippen LogP contribution in [0.1, 0.15) is 11.1 Å². The summed E-state index contributed by atoms with van der Waals surface area (Å²) in [6, 6.07) is 14.2. The molecule has 2 rings (SSSR count). The van der Waals surface area contributed by atoms with Crippen molar-refractivity contribution in [2.75, 3.05) is 0 Å². The van der Waals surface area contributed by atoms with Crippen molar-refractivity contribution in [3.63, 3.8) is 0 Å². The number of hydrogen-bond acceptors (Lipinski definition) is 1. The first kappa shape index (κ1) is 11.2. The maximum atomic E-state index is 6.20. The summed E-state index contributed by atoms with van der Waals surface area (Å²) in [5.74, 6) is 0. The minimum absolute atomic E-state index is 0.538. The molecule has 0 aliphatic carbocycles. The summed E-state index contributed by atoms with van der Waals surface area (Å²) in [6.45, 7) is 2.61. The molecule has 0 amide bonds. The number of hydrogen-bond donors (Lipinski definition) is 1. The van der Waals surface area contributed by atoms with Gasteiger partial charge in [0, 0.05) is 17.1 Å². The Morgan fingerprint density at radius 2 is 1.94 bits per heavy atom. The fourth-order valence-corrected chi connectivity index (χ4v) is 1.96. The monoisotopic (exact) mass is 231 g/mol. The molecule has 2 heteroatoms. The van der Waals surface area contributed by atoms with Crippen molar-refractivity contribution < 1.29 is 0 Å². The third-order valence-corrected chi connectivity index (χ3v) is 2.93. The maximum absolute atomic E-state index is 6.20. The molecule has 0 spiro atoms. The zero-order valence-electron chi connectivity index (χ0n) is 9.20. The Hall–Kier alpha value is -1.31. The highest BCUT2D eigenvalue weighted by Gasteiger charge is 2.04. The van der Waals surface area contributed by atoms with Gasteiger partial charge in [0.2, 0.25) is 0 Å². The topological polar surface area (TPSA) is 26.0 Å². The molecule has 2 aromatic carbocycles. The van der Waals surface area contributed by atoms with Gasteiger partial charge in [-0.1, -0.05) is 47.5 Å². The summed E-state index contributed by atoms with van der Waals surface area (Å²) in [5, 5.41) is 0.766. The third-order valence-electron chi connectivity index (χ3n) is 2.60. The molecule has 82 valence electrons. The zero-order valence-corrected chi connectivity index (χ0v) is 9.96. The van der Waals surface area contributed by atoms with E-state index in [1.165, 1.54) is 5.56 Å². The van der Waals surface area contributed by atoms with Gasteiger partial charge >= 0.3 is 0 Å². The molecule has 2 N–H and O–H groups in total. The zero-order chi connectivity index (χ0) is 11.5. The minimum atomic E-state index is 0.538. The third kappa shape index (κ3) is 2.26. The average molecular weight is 232 g/mol. The van der Waals surface area contributed by atoms with Crippen LogP contribution in [0.15, 0.2) is 42.5 Å². The molecular weight excluding hydrogens is 218 g/mol. The smallest absolute Gasteiger partial charge is 0.0484 e. The van der Waals surface area contributed by atoms with Crippen LogP contribution in [0.2, 0.25) is 5.02 Å². The van der Waals surface area contributed by atoms with Crippen LogP contribution in [0.5, 0.6) is 0 Å². The van der Waals surface area contributed by atoms with Gasteiger partial charge in [0.05, 0.1) is 0 Å². The molecule has 0 saturated carbocycles. The molecule has 0 unspecified atom stereocenters. The van der Waals surface area contributed by atoms with Crippen molar-refractivity contribution in [1.29, 1.82) is 0 Å². The summed E-state index contributed by atoms with van der Waals surface area (Å²) in [6.07, 6.45) is 0. The van der Waals surface area contributed by atoms with E-state index in [4.69, 9.17) is 17.3 Å². The lowest BCUT2D eigenvalue weighted by molar-refractivity contribution is 1.07. The fourth-order valence-electron chi connectivity index (χ4n) is 1.73. The van der Waals surface area contributed by atoms with Crippen LogP contribution < -0.4 is 5.73 Å². The van der Waals surface area contributed by atoms with Crippen molar-refractivity contribution in [2.45, 2.75) is 13.5 Å². The highest BCUT2D eigenvalue weighted by molar-refractivity contribution is 6.33. The van der Waals surface area contributed by atoms with Gasteiger partial charge in [-0.25, -0.2) is 0 Å². The largest absolute Gasteiger partial charge is 0.326 e. The highest BCUT2D eigenvalue weighted by Crippen LogP contribution is 2.29. The quantitative estimate of drug-likeness (QED) is 0.837. The standard InChI is InChI=1S/C14H14ClN/c1-10-3-2-4-12(7-10)13-8-11(9-16)5-6-14(13)15/h2-8H,9,16H2,1H3. The number of benzene rings is 2. The van der Waals surface area contributed by atoms with Crippen LogP contribution in [0, 0.1) is 6.92 Å². The van der Waals surface area contributed by atoms with Crippen LogP contribution in [-0.4, -0.2) is 0 Å². The first-order chi connectivity index (χ1) is 7.70. The van der Waals surface area contributed by atoms with E-state index in [0.29, 0.717) is 6.54 Å². The van der Waals surface area contributed by atoms with Crippen LogP contribution in [-0.2, 0) is 6.54 Å². The molecule has 0 atom stereocenters. The Labute approximate surface area is 101 Å². The number of aryl methyl sites for hydroxylation is 1. The van der Waals surface area contributed by atoms with Gasteiger partial charge in [-0.2, -0.15) is 0 Å². The van der Waals surface area contributed by atoms with Crippen molar-refractivity contribution in [2.24, 2.45) is 5.73 Å². The van der Waals surface area contributed by atoms with Gasteiger partial charge in [-0.05, 0) is 30.2 Å². The summed E-state index contributed by atoms with van der Waals surface area (Å²) in [7, 11) is 0. The van der Waals surface area contributed by atoms with Crippen molar-refractivity contribution in [3.8, 4) is 11.1 Å². The van der Waals surface area contributed by atoms with E-state index < -0.39 is 0 Å². The van der Waals surface area contributed by atoms with Gasteiger partial charge in [0.25, 0.3) is 0 Å². The molecule has 0 fully saturated rings. The molecule has 16 heavy (non-hydrogen) atoms. The van der Waals surface area contributed by atoms with Crippen LogP contribution >= 0.6 is 11.6 Å². The Morgan fingerprint density at radius 3 is 2.62 bits per heavy atom. The fraction of sp³-hybridized carbons (Fsp3) is 0.143. The minimum Gasteiger partial charge on any atom is -0.326 e. The number of rotatable bonds is 2. The Bertz CT molecular complexity index is 506. The van der Waals surface area contributed by atoms with Crippen molar-refractivity contribution >= 4 is 11.6 Å². The van der Waals surface area contributed by atoms with Gasteiger partial charge in [0.15, 0.2) is 0 Å². The highest BCUT2D eigenvalue weighted by atomic mass is 35.5. The van der Waals surface area contributed by atoms with Crippen LogP contribution in [0.3, 0.4) is 0 Å². The second-order valence-corrected chi connectivity index (χ2v) is 4.30. The van der Waals surface area contributed by atoms with E-state index in [0.717, 1.165) is 21.7 Å². The maximum Gasteiger partial charge on any atom is 0.0484 e. The van der Waals surface area contributed by atoms with E-state index in [1.54, 1.807) is 0 Å². The van der Waals surface area contributed by atoms with Crippen LogP contribution in [0.4, 0.5) is 0 Å². The average Bonchev–Trinajstić information content (AvgIpc) is 2.30. The predicted octanol–water partition coefficient (Wildman–Crippen LogP) is 3.77. The van der Waals surface area contributed by atoms with E-state index in [-0.39, 0.29) is 0 Å². The second-order valence-electron chi connectivity index (χ2n) is 3.89. The SMILES string of the molecule is Cc1cccc(-c2cc(CN)ccc2Cl)c1. The van der Waals surface area contributed by atoms with E-state index in [2.05, 4.69) is 31.2 Å². The van der Waals surface area contributed by atoms with E-state index >= 15 is 0 Å². The molecule has 0 heterocycles. The predicted molar refractivity (Wildman–Crippen MR) is 69.5 cm³/mol. The van der Waals surface area contributed by atoms with Gasteiger partial charge < -0.3 is 5.73 Å². The Kier molecular flexibility index (Phi) is 3.28. The molecule has 0 aromatic heterocycles. The lowest BCUT2D eigenvalue weighted by Gasteiger charge is -2.07. The van der Waals surface area contributed by atoms with Gasteiger partial charge in [0.1, 0.15) is 0 Å². The summed E-state index contributed by atoms with van der Waals surface area (Å²) < 4.78 is 0. The Balaban J connectivity index is 2.54. The lowest BCUT2D eigenvalue weighted by Crippen LogP contribution is -1.96. The molecule has 0 aliphatic heterocycles. The number of nitrogens with two attached hydrogens (primary N) is 1. The molecule has 2 aromatic rings. The molecule has 0 bridgehead atoms. The van der Waals surface area contributed by atoms with E-state index in [9.17, 15) is 0 Å².